The molecule has 122 valence electrons. The number of allylic oxidation sites excluding steroid dienone is 1. The highest BCUT2D eigenvalue weighted by Gasteiger charge is 2.22. The fourth-order valence-corrected chi connectivity index (χ4v) is 3.19. The average Bonchev–Trinajstić information content (AvgIpc) is 3.00. The van der Waals surface area contributed by atoms with Crippen LogP contribution >= 0.6 is 11.6 Å². The molecule has 0 atom stereocenters. The van der Waals surface area contributed by atoms with Crippen molar-refractivity contribution in [2.45, 2.75) is 13.3 Å². The molecule has 3 heteroatoms. The molecule has 0 fully saturated rings. The first-order valence-electron chi connectivity index (χ1n) is 8.26. The largest absolute Gasteiger partial charge is 0.151 e. The molecule has 0 aliphatic heterocycles. The van der Waals surface area contributed by atoms with Gasteiger partial charge in [0, 0.05) is 17.0 Å². The molecule has 0 aromatic heterocycles. The van der Waals surface area contributed by atoms with Crippen LogP contribution in [0, 0.1) is 6.92 Å². The van der Waals surface area contributed by atoms with Gasteiger partial charge < -0.3 is 0 Å². The minimum Gasteiger partial charge on any atom is -0.151 e. The predicted octanol–water partition coefficient (Wildman–Crippen LogP) is 6.86. The van der Waals surface area contributed by atoms with Gasteiger partial charge in [-0.3, -0.25) is 0 Å². The first-order chi connectivity index (χ1) is 12.2. The van der Waals surface area contributed by atoms with Gasteiger partial charge in [0.1, 0.15) is 0 Å². The first kappa shape index (κ1) is 15.8. The third kappa shape index (κ3) is 3.26. The van der Waals surface area contributed by atoms with Crippen molar-refractivity contribution in [2.24, 2.45) is 10.2 Å². The van der Waals surface area contributed by atoms with Crippen molar-refractivity contribution in [1.29, 1.82) is 0 Å². The second kappa shape index (κ2) is 6.66. The van der Waals surface area contributed by atoms with Gasteiger partial charge in [0.15, 0.2) is 0 Å². The number of fused-ring (bicyclic) bond motifs is 1. The van der Waals surface area contributed by atoms with Gasteiger partial charge in [-0.15, -0.1) is 5.11 Å². The second-order valence-corrected chi connectivity index (χ2v) is 6.64. The van der Waals surface area contributed by atoms with Crippen LogP contribution in [-0.2, 0) is 6.42 Å². The summed E-state index contributed by atoms with van der Waals surface area (Å²) in [6, 6.07) is 24.4. The maximum atomic E-state index is 5.94. The van der Waals surface area contributed by atoms with Crippen molar-refractivity contribution in [3.05, 3.63) is 100 Å². The van der Waals surface area contributed by atoms with Crippen LogP contribution in [0.2, 0.25) is 5.02 Å². The maximum Gasteiger partial charge on any atom is 0.0973 e. The molecule has 4 rings (SSSR count). The normalized spacial score (nSPS) is 13.5. The molecule has 0 unspecified atom stereocenters. The van der Waals surface area contributed by atoms with Crippen LogP contribution in [0.1, 0.15) is 22.3 Å². The monoisotopic (exact) mass is 344 g/mol. The second-order valence-electron chi connectivity index (χ2n) is 6.20. The molecule has 0 spiro atoms. The Hall–Kier alpha value is -2.71. The quantitative estimate of drug-likeness (QED) is 0.464. The van der Waals surface area contributed by atoms with Crippen molar-refractivity contribution >= 4 is 28.6 Å². The lowest BCUT2D eigenvalue weighted by molar-refractivity contribution is 1.24. The van der Waals surface area contributed by atoms with Crippen molar-refractivity contribution < 1.29 is 0 Å². The van der Waals surface area contributed by atoms with E-state index in [-0.39, 0.29) is 0 Å². The molecule has 0 bridgehead atoms. The topological polar surface area (TPSA) is 24.7 Å². The third-order valence-electron chi connectivity index (χ3n) is 4.42. The summed E-state index contributed by atoms with van der Waals surface area (Å²) < 4.78 is 0. The molecule has 1 aliphatic carbocycles. The Balaban J connectivity index is 1.78. The van der Waals surface area contributed by atoms with Gasteiger partial charge in [0.2, 0.25) is 0 Å². The minimum atomic E-state index is 0.699. The Bertz CT molecular complexity index is 968. The Labute approximate surface area is 152 Å². The molecule has 1 aliphatic rings. The lowest BCUT2D eigenvalue weighted by Crippen LogP contribution is -1.86. The number of hydrogen-bond acceptors (Lipinski definition) is 2. The van der Waals surface area contributed by atoms with E-state index in [9.17, 15) is 0 Å². The van der Waals surface area contributed by atoms with E-state index >= 15 is 0 Å². The minimum absolute atomic E-state index is 0.699. The molecule has 0 heterocycles. The molecule has 0 saturated heterocycles. The molecule has 0 N–H and O–H groups in total. The lowest BCUT2D eigenvalue weighted by atomic mass is 10.0. The number of azo groups is 1. The Kier molecular flexibility index (Phi) is 4.21. The van der Waals surface area contributed by atoms with Crippen molar-refractivity contribution in [1.82, 2.24) is 0 Å². The third-order valence-corrected chi connectivity index (χ3v) is 4.67. The summed E-state index contributed by atoms with van der Waals surface area (Å²) in [5.41, 5.74) is 7.88. The standard InChI is InChI=1S/C22H17ClN2/c1-15-6-8-16(9-7-15)21-14-17-4-2-3-5-20(17)22(21)25-24-19-12-10-18(23)11-13-19/h2-13H,14H2,1H3. The fourth-order valence-electron chi connectivity index (χ4n) is 3.07. The molecular weight excluding hydrogens is 328 g/mol. The molecule has 2 nitrogen and oxygen atoms in total. The number of benzene rings is 3. The number of nitrogens with zero attached hydrogens (tertiary/aromatic N) is 2. The smallest absolute Gasteiger partial charge is 0.0973 e. The van der Waals surface area contributed by atoms with E-state index in [0.717, 1.165) is 23.4 Å². The summed E-state index contributed by atoms with van der Waals surface area (Å²) in [6.45, 7) is 2.10. The number of rotatable bonds is 3. The summed E-state index contributed by atoms with van der Waals surface area (Å²) >= 11 is 5.94. The highest BCUT2D eigenvalue weighted by Crippen LogP contribution is 2.39. The fraction of sp³-hybridized carbons (Fsp3) is 0.0909. The van der Waals surface area contributed by atoms with Gasteiger partial charge in [-0.1, -0.05) is 65.7 Å². The van der Waals surface area contributed by atoms with Gasteiger partial charge in [-0.25, -0.2) is 0 Å². The van der Waals surface area contributed by atoms with Crippen molar-refractivity contribution in [2.75, 3.05) is 0 Å². The highest BCUT2D eigenvalue weighted by atomic mass is 35.5. The van der Waals surface area contributed by atoms with E-state index in [0.29, 0.717) is 5.02 Å². The molecule has 3 aromatic carbocycles. The van der Waals surface area contributed by atoms with Crippen LogP contribution in [0.5, 0.6) is 0 Å². The lowest BCUT2D eigenvalue weighted by Gasteiger charge is -2.04. The Morgan fingerprint density at radius 2 is 1.52 bits per heavy atom. The number of halogens is 1. The van der Waals surface area contributed by atoms with Crippen molar-refractivity contribution in [3.8, 4) is 0 Å². The Morgan fingerprint density at radius 3 is 2.28 bits per heavy atom. The van der Waals surface area contributed by atoms with E-state index in [1.807, 2.05) is 24.3 Å². The zero-order chi connectivity index (χ0) is 17.2. The van der Waals surface area contributed by atoms with Crippen LogP contribution in [0.25, 0.3) is 11.3 Å². The molecule has 0 saturated carbocycles. The van der Waals surface area contributed by atoms with E-state index in [4.69, 9.17) is 11.6 Å². The molecule has 25 heavy (non-hydrogen) atoms. The van der Waals surface area contributed by atoms with Crippen LogP contribution in [0.4, 0.5) is 5.69 Å². The van der Waals surface area contributed by atoms with Crippen LogP contribution in [0.3, 0.4) is 0 Å². The van der Waals surface area contributed by atoms with Gasteiger partial charge in [0.05, 0.1) is 11.4 Å². The van der Waals surface area contributed by atoms with Crippen LogP contribution in [-0.4, -0.2) is 0 Å². The summed E-state index contributed by atoms with van der Waals surface area (Å²) in [5.74, 6) is 0. The zero-order valence-electron chi connectivity index (χ0n) is 13.9. The van der Waals surface area contributed by atoms with Crippen molar-refractivity contribution in [3.63, 3.8) is 0 Å². The summed E-state index contributed by atoms with van der Waals surface area (Å²) in [6.07, 6.45) is 0.883. The summed E-state index contributed by atoms with van der Waals surface area (Å²) in [7, 11) is 0. The summed E-state index contributed by atoms with van der Waals surface area (Å²) in [4.78, 5) is 0. The van der Waals surface area contributed by atoms with Crippen LogP contribution < -0.4 is 0 Å². The van der Waals surface area contributed by atoms with Gasteiger partial charge in [-0.05, 0) is 47.9 Å². The highest BCUT2D eigenvalue weighted by molar-refractivity contribution is 6.30. The van der Waals surface area contributed by atoms with E-state index < -0.39 is 0 Å². The van der Waals surface area contributed by atoms with Gasteiger partial charge in [-0.2, -0.15) is 5.11 Å². The average molecular weight is 345 g/mol. The van der Waals surface area contributed by atoms with Gasteiger partial charge >= 0.3 is 0 Å². The number of aryl methyl sites for hydroxylation is 1. The Morgan fingerprint density at radius 1 is 0.800 bits per heavy atom. The predicted molar refractivity (Wildman–Crippen MR) is 104 cm³/mol. The van der Waals surface area contributed by atoms with E-state index in [2.05, 4.69) is 65.7 Å². The summed E-state index contributed by atoms with van der Waals surface area (Å²) in [5, 5.41) is 9.74. The number of hydrogen-bond donors (Lipinski definition) is 0. The zero-order valence-corrected chi connectivity index (χ0v) is 14.7. The van der Waals surface area contributed by atoms with Crippen LogP contribution in [0.15, 0.2) is 83.0 Å². The maximum absolute atomic E-state index is 5.94. The molecule has 0 radical (unpaired) electrons. The molecule has 3 aromatic rings. The molecular formula is C22H17ClN2. The van der Waals surface area contributed by atoms with E-state index in [1.54, 1.807) is 0 Å². The first-order valence-corrected chi connectivity index (χ1v) is 8.64. The van der Waals surface area contributed by atoms with Gasteiger partial charge in [0.25, 0.3) is 0 Å². The molecule has 0 amide bonds. The van der Waals surface area contributed by atoms with E-state index in [1.165, 1.54) is 22.3 Å². The SMILES string of the molecule is Cc1ccc(C2=C(N=Nc3ccc(Cl)cc3)c3ccccc3C2)cc1.